The molecule has 0 radical (unpaired) electrons. The van der Waals surface area contributed by atoms with Crippen molar-refractivity contribution in [2.24, 2.45) is 7.05 Å². The highest BCUT2D eigenvalue weighted by molar-refractivity contribution is 5.98. The van der Waals surface area contributed by atoms with Crippen LogP contribution < -0.4 is 5.32 Å². The van der Waals surface area contributed by atoms with Crippen LogP contribution in [0, 0.1) is 0 Å². The van der Waals surface area contributed by atoms with E-state index in [9.17, 15) is 9.59 Å². The summed E-state index contributed by atoms with van der Waals surface area (Å²) in [6, 6.07) is 1.66. The van der Waals surface area contributed by atoms with Gasteiger partial charge in [-0.25, -0.2) is 0 Å². The predicted molar refractivity (Wildman–Crippen MR) is 61.3 cm³/mol. The lowest BCUT2D eigenvalue weighted by molar-refractivity contribution is -0.133. The summed E-state index contributed by atoms with van der Waals surface area (Å²) in [4.78, 5) is 25.5. The number of aromatic nitrogens is 2. The van der Waals surface area contributed by atoms with Gasteiger partial charge in [0.25, 0.3) is 5.91 Å². The Morgan fingerprint density at radius 1 is 1.53 bits per heavy atom. The average Bonchev–Trinajstić information content (AvgIpc) is 2.68. The SMILES string of the molecule is Cn1ccc(C(=O)N2CCNC(=O)C2(C)C)n1. The second-order valence-electron chi connectivity index (χ2n) is 4.65. The zero-order valence-electron chi connectivity index (χ0n) is 10.2. The molecule has 1 fully saturated rings. The zero-order chi connectivity index (χ0) is 12.6. The Balaban J connectivity index is 2.27. The number of nitrogens with one attached hydrogen (secondary N) is 1. The van der Waals surface area contributed by atoms with Crippen LogP contribution in [0.5, 0.6) is 0 Å². The molecule has 0 unspecified atom stereocenters. The van der Waals surface area contributed by atoms with E-state index in [1.807, 2.05) is 0 Å². The Labute approximate surface area is 99.6 Å². The standard InChI is InChI=1S/C11H16N4O2/c1-11(2)10(17)12-5-7-15(11)9(16)8-4-6-14(3)13-8/h4,6H,5,7H2,1-3H3,(H,12,17). The minimum atomic E-state index is -0.827. The summed E-state index contributed by atoms with van der Waals surface area (Å²) in [6.45, 7) is 4.47. The third kappa shape index (κ3) is 1.90. The Hall–Kier alpha value is -1.85. The van der Waals surface area contributed by atoms with Gasteiger partial charge in [-0.15, -0.1) is 0 Å². The fourth-order valence-electron chi connectivity index (χ4n) is 1.92. The molecule has 0 bridgehead atoms. The molecular weight excluding hydrogens is 220 g/mol. The van der Waals surface area contributed by atoms with E-state index in [0.717, 1.165) is 0 Å². The fraction of sp³-hybridized carbons (Fsp3) is 0.545. The van der Waals surface area contributed by atoms with Gasteiger partial charge in [0.1, 0.15) is 11.2 Å². The van der Waals surface area contributed by atoms with Gasteiger partial charge in [-0.2, -0.15) is 5.10 Å². The summed E-state index contributed by atoms with van der Waals surface area (Å²) in [5.41, 5.74) is -0.456. The molecule has 1 aromatic heterocycles. The normalized spacial score (nSPS) is 19.0. The number of hydrogen-bond acceptors (Lipinski definition) is 3. The molecule has 1 aliphatic heterocycles. The molecule has 2 amide bonds. The van der Waals surface area contributed by atoms with Crippen molar-refractivity contribution in [2.75, 3.05) is 13.1 Å². The number of carbonyl (C=O) groups is 2. The molecule has 1 aliphatic rings. The molecule has 2 rings (SSSR count). The van der Waals surface area contributed by atoms with Crippen LogP contribution in [0.25, 0.3) is 0 Å². The Bertz CT molecular complexity index is 464. The van der Waals surface area contributed by atoms with E-state index in [1.54, 1.807) is 42.7 Å². The zero-order valence-corrected chi connectivity index (χ0v) is 10.2. The number of aryl methyl sites for hydroxylation is 1. The van der Waals surface area contributed by atoms with Gasteiger partial charge in [-0.1, -0.05) is 0 Å². The Morgan fingerprint density at radius 2 is 2.24 bits per heavy atom. The lowest BCUT2D eigenvalue weighted by atomic mass is 9.98. The van der Waals surface area contributed by atoms with Crippen molar-refractivity contribution in [3.63, 3.8) is 0 Å². The van der Waals surface area contributed by atoms with E-state index in [0.29, 0.717) is 18.8 Å². The minimum Gasteiger partial charge on any atom is -0.352 e. The van der Waals surface area contributed by atoms with E-state index in [2.05, 4.69) is 10.4 Å². The quantitative estimate of drug-likeness (QED) is 0.732. The molecular formula is C11H16N4O2. The summed E-state index contributed by atoms with van der Waals surface area (Å²) >= 11 is 0. The van der Waals surface area contributed by atoms with E-state index in [4.69, 9.17) is 0 Å². The lowest BCUT2D eigenvalue weighted by Crippen LogP contribution is -2.63. The topological polar surface area (TPSA) is 67.2 Å². The lowest BCUT2D eigenvalue weighted by Gasteiger charge is -2.40. The number of piperazine rings is 1. The summed E-state index contributed by atoms with van der Waals surface area (Å²) in [6.07, 6.45) is 1.71. The first-order chi connectivity index (χ1) is 7.93. The second kappa shape index (κ2) is 3.87. The van der Waals surface area contributed by atoms with Crippen molar-refractivity contribution in [3.05, 3.63) is 18.0 Å². The first kappa shape index (κ1) is 11.6. The maximum Gasteiger partial charge on any atom is 0.275 e. The summed E-state index contributed by atoms with van der Waals surface area (Å²) in [5, 5.41) is 6.83. The first-order valence-corrected chi connectivity index (χ1v) is 5.53. The number of nitrogens with zero attached hydrogens (tertiary/aromatic N) is 3. The van der Waals surface area contributed by atoms with Crippen LogP contribution in [0.4, 0.5) is 0 Å². The van der Waals surface area contributed by atoms with Crippen LogP contribution in [-0.4, -0.2) is 45.1 Å². The van der Waals surface area contributed by atoms with Gasteiger partial charge in [0.05, 0.1) is 0 Å². The molecule has 1 N–H and O–H groups in total. The molecule has 2 heterocycles. The number of rotatable bonds is 1. The van der Waals surface area contributed by atoms with Crippen molar-refractivity contribution in [2.45, 2.75) is 19.4 Å². The second-order valence-corrected chi connectivity index (χ2v) is 4.65. The van der Waals surface area contributed by atoms with E-state index in [1.165, 1.54) is 0 Å². The predicted octanol–water partition coefficient (Wildman–Crippen LogP) is -0.229. The van der Waals surface area contributed by atoms with E-state index >= 15 is 0 Å². The van der Waals surface area contributed by atoms with Gasteiger partial charge in [0.15, 0.2) is 0 Å². The number of carbonyl (C=O) groups excluding carboxylic acids is 2. The van der Waals surface area contributed by atoms with E-state index < -0.39 is 5.54 Å². The number of amides is 2. The smallest absolute Gasteiger partial charge is 0.275 e. The van der Waals surface area contributed by atoms with Crippen LogP contribution >= 0.6 is 0 Å². The molecule has 17 heavy (non-hydrogen) atoms. The van der Waals surface area contributed by atoms with Crippen LogP contribution in [-0.2, 0) is 11.8 Å². The molecule has 1 saturated heterocycles. The molecule has 6 nitrogen and oxygen atoms in total. The fourth-order valence-corrected chi connectivity index (χ4v) is 1.92. The molecule has 0 aromatic carbocycles. The highest BCUT2D eigenvalue weighted by Gasteiger charge is 2.41. The summed E-state index contributed by atoms with van der Waals surface area (Å²) in [7, 11) is 1.75. The Morgan fingerprint density at radius 3 is 2.82 bits per heavy atom. The maximum atomic E-state index is 12.2. The van der Waals surface area contributed by atoms with Crippen LogP contribution in [0.1, 0.15) is 24.3 Å². The van der Waals surface area contributed by atoms with Crippen molar-refractivity contribution >= 4 is 11.8 Å². The van der Waals surface area contributed by atoms with Crippen molar-refractivity contribution < 1.29 is 9.59 Å². The first-order valence-electron chi connectivity index (χ1n) is 5.53. The van der Waals surface area contributed by atoms with Crippen LogP contribution in [0.15, 0.2) is 12.3 Å². The molecule has 92 valence electrons. The monoisotopic (exact) mass is 236 g/mol. The van der Waals surface area contributed by atoms with Crippen LogP contribution in [0.2, 0.25) is 0 Å². The highest BCUT2D eigenvalue weighted by atomic mass is 16.2. The largest absolute Gasteiger partial charge is 0.352 e. The molecule has 1 aromatic rings. The minimum absolute atomic E-state index is 0.131. The van der Waals surface area contributed by atoms with E-state index in [-0.39, 0.29) is 11.8 Å². The van der Waals surface area contributed by atoms with Gasteiger partial charge in [0.2, 0.25) is 5.91 Å². The van der Waals surface area contributed by atoms with Gasteiger partial charge in [-0.3, -0.25) is 14.3 Å². The highest BCUT2D eigenvalue weighted by Crippen LogP contribution is 2.19. The molecule has 6 heteroatoms. The van der Waals surface area contributed by atoms with Crippen molar-refractivity contribution in [1.29, 1.82) is 0 Å². The van der Waals surface area contributed by atoms with Crippen LogP contribution in [0.3, 0.4) is 0 Å². The van der Waals surface area contributed by atoms with Gasteiger partial charge in [0, 0.05) is 26.3 Å². The number of hydrogen-bond donors (Lipinski definition) is 1. The van der Waals surface area contributed by atoms with Gasteiger partial charge >= 0.3 is 0 Å². The van der Waals surface area contributed by atoms with Gasteiger partial charge in [-0.05, 0) is 19.9 Å². The third-order valence-electron chi connectivity index (χ3n) is 3.03. The molecule has 0 spiro atoms. The third-order valence-corrected chi connectivity index (χ3v) is 3.03. The average molecular weight is 236 g/mol. The molecule has 0 atom stereocenters. The summed E-state index contributed by atoms with van der Waals surface area (Å²) in [5.74, 6) is -0.335. The molecule has 0 aliphatic carbocycles. The van der Waals surface area contributed by atoms with Crippen molar-refractivity contribution in [3.8, 4) is 0 Å². The Kier molecular flexibility index (Phi) is 2.65. The van der Waals surface area contributed by atoms with Crippen molar-refractivity contribution in [1.82, 2.24) is 20.0 Å². The summed E-state index contributed by atoms with van der Waals surface area (Å²) < 4.78 is 1.57. The van der Waals surface area contributed by atoms with Gasteiger partial charge < -0.3 is 10.2 Å². The maximum absolute atomic E-state index is 12.2. The molecule has 0 saturated carbocycles.